The fourth-order valence-electron chi connectivity index (χ4n) is 0.620. The molecule has 12 heavy (non-hydrogen) atoms. The van der Waals surface area contributed by atoms with Crippen LogP contribution in [0.5, 0.6) is 0 Å². The van der Waals surface area contributed by atoms with Gasteiger partial charge in [-0.1, -0.05) is 36.9 Å². The van der Waals surface area contributed by atoms with Gasteiger partial charge >= 0.3 is 0 Å². The molecule has 1 rings (SSSR count). The molecule has 0 spiro atoms. The molecule has 0 unspecified atom stereocenters. The van der Waals surface area contributed by atoms with Crippen molar-refractivity contribution < 1.29 is 0 Å². The van der Waals surface area contributed by atoms with Gasteiger partial charge in [-0.05, 0) is 17.7 Å². The molecular formula is C10H12ClN. The van der Waals surface area contributed by atoms with Crippen LogP contribution in [-0.2, 0) is 6.54 Å². The van der Waals surface area contributed by atoms with E-state index in [4.69, 9.17) is 17.3 Å². The minimum atomic E-state index is 0.581. The number of rotatable bonds is 1. The second-order valence-corrected chi connectivity index (χ2v) is 2.52. The minimum Gasteiger partial charge on any atom is -0.326 e. The summed E-state index contributed by atoms with van der Waals surface area (Å²) in [4.78, 5) is 0. The van der Waals surface area contributed by atoms with E-state index in [0.29, 0.717) is 6.54 Å². The number of benzene rings is 1. The Bertz CT molecular complexity index is 245. The van der Waals surface area contributed by atoms with Crippen molar-refractivity contribution in [3.63, 3.8) is 0 Å². The lowest BCUT2D eigenvalue weighted by atomic mass is 10.2. The molecule has 0 fully saturated rings. The summed E-state index contributed by atoms with van der Waals surface area (Å²) in [7, 11) is 0. The van der Waals surface area contributed by atoms with Gasteiger partial charge in [-0.25, -0.2) is 0 Å². The van der Waals surface area contributed by atoms with Gasteiger partial charge in [-0.15, -0.1) is 5.73 Å². The summed E-state index contributed by atoms with van der Waals surface area (Å²) in [5.41, 5.74) is 8.72. The Balaban J connectivity index is 0.000000354. The maximum atomic E-state index is 5.63. The topological polar surface area (TPSA) is 26.0 Å². The van der Waals surface area contributed by atoms with E-state index in [9.17, 15) is 0 Å². The quantitative estimate of drug-likeness (QED) is 0.663. The molecule has 0 saturated carbocycles. The van der Waals surface area contributed by atoms with Crippen LogP contribution in [0.4, 0.5) is 0 Å². The van der Waals surface area contributed by atoms with Gasteiger partial charge in [-0.2, -0.15) is 0 Å². The van der Waals surface area contributed by atoms with Crippen LogP contribution in [0, 0.1) is 0 Å². The van der Waals surface area contributed by atoms with Gasteiger partial charge in [0.1, 0.15) is 0 Å². The molecule has 0 heterocycles. The van der Waals surface area contributed by atoms with Gasteiger partial charge in [0.05, 0.1) is 0 Å². The standard InChI is InChI=1S/C7H8ClN.C3H4/c8-7-3-1-6(5-9)2-4-7;1-3-2/h1-4H,5,9H2;1-2H2. The van der Waals surface area contributed by atoms with Crippen molar-refractivity contribution in [2.45, 2.75) is 6.54 Å². The van der Waals surface area contributed by atoms with Crippen molar-refractivity contribution in [1.29, 1.82) is 0 Å². The third-order valence-corrected chi connectivity index (χ3v) is 1.40. The van der Waals surface area contributed by atoms with Gasteiger partial charge in [0, 0.05) is 11.6 Å². The zero-order chi connectivity index (χ0) is 9.40. The van der Waals surface area contributed by atoms with Gasteiger partial charge in [0.15, 0.2) is 0 Å². The lowest BCUT2D eigenvalue weighted by molar-refractivity contribution is 1.07. The molecular weight excluding hydrogens is 170 g/mol. The smallest absolute Gasteiger partial charge is 0.0406 e. The summed E-state index contributed by atoms with van der Waals surface area (Å²) in [6.07, 6.45) is 0. The molecule has 64 valence electrons. The monoisotopic (exact) mass is 181 g/mol. The molecule has 0 aliphatic carbocycles. The molecule has 2 heteroatoms. The molecule has 0 aliphatic heterocycles. The van der Waals surface area contributed by atoms with E-state index >= 15 is 0 Å². The van der Waals surface area contributed by atoms with E-state index in [2.05, 4.69) is 18.9 Å². The highest BCUT2D eigenvalue weighted by Gasteiger charge is 1.86. The second kappa shape index (κ2) is 6.68. The third-order valence-electron chi connectivity index (χ3n) is 1.15. The maximum Gasteiger partial charge on any atom is 0.0406 e. The molecule has 0 amide bonds. The van der Waals surface area contributed by atoms with Gasteiger partial charge < -0.3 is 5.73 Å². The minimum absolute atomic E-state index is 0.581. The van der Waals surface area contributed by atoms with Crippen molar-refractivity contribution in [3.8, 4) is 0 Å². The lowest BCUT2D eigenvalue weighted by Crippen LogP contribution is -1.94. The highest BCUT2D eigenvalue weighted by molar-refractivity contribution is 6.30. The predicted octanol–water partition coefficient (Wildman–Crippen LogP) is 2.76. The number of nitrogens with two attached hydrogens (primary N) is 1. The van der Waals surface area contributed by atoms with Crippen molar-refractivity contribution >= 4 is 11.6 Å². The molecule has 0 radical (unpaired) electrons. The first-order valence-corrected chi connectivity index (χ1v) is 3.86. The fraction of sp³-hybridized carbons (Fsp3) is 0.100. The summed E-state index contributed by atoms with van der Waals surface area (Å²) in [6, 6.07) is 7.51. The van der Waals surface area contributed by atoms with Crippen LogP contribution in [0.2, 0.25) is 5.02 Å². The molecule has 1 aromatic carbocycles. The molecule has 2 N–H and O–H groups in total. The largest absolute Gasteiger partial charge is 0.326 e. The molecule has 0 atom stereocenters. The summed E-state index contributed by atoms with van der Waals surface area (Å²) in [6.45, 7) is 6.83. The summed E-state index contributed by atoms with van der Waals surface area (Å²) in [5, 5.41) is 0.757. The average molecular weight is 182 g/mol. The first-order chi connectivity index (χ1) is 5.74. The summed E-state index contributed by atoms with van der Waals surface area (Å²) >= 11 is 5.63. The summed E-state index contributed by atoms with van der Waals surface area (Å²) in [5.74, 6) is 0. The average Bonchev–Trinajstić information content (AvgIpc) is 2.07. The van der Waals surface area contributed by atoms with Gasteiger partial charge in [-0.3, -0.25) is 0 Å². The maximum absolute atomic E-state index is 5.63. The number of halogens is 1. The van der Waals surface area contributed by atoms with Crippen LogP contribution < -0.4 is 5.73 Å². The van der Waals surface area contributed by atoms with Crippen LogP contribution >= 0.6 is 11.6 Å². The SMILES string of the molecule is C=C=C.NCc1ccc(Cl)cc1. The Kier molecular flexibility index (Phi) is 6.12. The van der Waals surface area contributed by atoms with Crippen LogP contribution in [0.15, 0.2) is 43.2 Å². The number of hydrogen-bond donors (Lipinski definition) is 1. The van der Waals surface area contributed by atoms with Crippen LogP contribution in [-0.4, -0.2) is 0 Å². The van der Waals surface area contributed by atoms with E-state index in [0.717, 1.165) is 10.6 Å². The zero-order valence-electron chi connectivity index (χ0n) is 6.89. The Morgan fingerprint density at radius 2 is 1.67 bits per heavy atom. The Morgan fingerprint density at radius 3 is 2.00 bits per heavy atom. The third kappa shape index (κ3) is 4.75. The second-order valence-electron chi connectivity index (χ2n) is 2.08. The molecule has 0 aromatic heterocycles. The van der Waals surface area contributed by atoms with E-state index in [1.165, 1.54) is 0 Å². The predicted molar refractivity (Wildman–Crippen MR) is 54.1 cm³/mol. The molecule has 1 nitrogen and oxygen atoms in total. The van der Waals surface area contributed by atoms with Gasteiger partial charge in [0.2, 0.25) is 0 Å². The van der Waals surface area contributed by atoms with Crippen molar-refractivity contribution in [2.24, 2.45) is 5.73 Å². The van der Waals surface area contributed by atoms with E-state index in [1.807, 2.05) is 24.3 Å². The molecule has 0 saturated heterocycles. The zero-order valence-corrected chi connectivity index (χ0v) is 7.64. The van der Waals surface area contributed by atoms with Crippen molar-refractivity contribution in [1.82, 2.24) is 0 Å². The lowest BCUT2D eigenvalue weighted by Gasteiger charge is -1.93. The van der Waals surface area contributed by atoms with Gasteiger partial charge in [0.25, 0.3) is 0 Å². The highest BCUT2D eigenvalue weighted by Crippen LogP contribution is 2.08. The van der Waals surface area contributed by atoms with Crippen LogP contribution in [0.1, 0.15) is 5.56 Å². The molecule has 0 bridgehead atoms. The summed E-state index contributed by atoms with van der Waals surface area (Å²) < 4.78 is 0. The highest BCUT2D eigenvalue weighted by atomic mass is 35.5. The Labute approximate surface area is 78.2 Å². The number of hydrogen-bond acceptors (Lipinski definition) is 1. The Morgan fingerprint density at radius 1 is 1.25 bits per heavy atom. The molecule has 0 aliphatic rings. The van der Waals surface area contributed by atoms with Crippen molar-refractivity contribution in [2.75, 3.05) is 0 Å². The normalized spacial score (nSPS) is 7.83. The molecule has 1 aromatic rings. The van der Waals surface area contributed by atoms with Crippen molar-refractivity contribution in [3.05, 3.63) is 53.7 Å². The van der Waals surface area contributed by atoms with E-state index in [-0.39, 0.29) is 0 Å². The Hall–Kier alpha value is -1.01. The van der Waals surface area contributed by atoms with E-state index < -0.39 is 0 Å². The van der Waals surface area contributed by atoms with Crippen LogP contribution in [0.3, 0.4) is 0 Å². The first kappa shape index (κ1) is 11.0. The van der Waals surface area contributed by atoms with Crippen LogP contribution in [0.25, 0.3) is 0 Å². The van der Waals surface area contributed by atoms with E-state index in [1.54, 1.807) is 0 Å². The fourth-order valence-corrected chi connectivity index (χ4v) is 0.746. The first-order valence-electron chi connectivity index (χ1n) is 3.48.